The Morgan fingerprint density at radius 1 is 1.03 bits per heavy atom. The van der Waals surface area contributed by atoms with Crippen molar-refractivity contribution in [2.75, 3.05) is 38.2 Å². The van der Waals surface area contributed by atoms with Gasteiger partial charge < -0.3 is 14.6 Å². The summed E-state index contributed by atoms with van der Waals surface area (Å²) < 4.78 is 7.60. The number of fused-ring (bicyclic) bond motifs is 1. The first-order valence-electron chi connectivity index (χ1n) is 9.34. The highest BCUT2D eigenvalue weighted by Gasteiger charge is 2.20. The molecule has 0 aliphatic carbocycles. The van der Waals surface area contributed by atoms with Crippen molar-refractivity contribution >= 4 is 68.9 Å². The molecule has 1 N–H and O–H groups in total. The molecule has 158 valence electrons. The number of rotatable bonds is 5. The van der Waals surface area contributed by atoms with Gasteiger partial charge in [-0.15, -0.1) is 0 Å². The van der Waals surface area contributed by atoms with E-state index in [-0.39, 0.29) is 25.9 Å². The second-order valence-corrected chi connectivity index (χ2v) is 8.38. The predicted octanol–water partition coefficient (Wildman–Crippen LogP) is 5.23. The number of ether oxygens (including phenoxy) is 1. The number of amides is 1. The molecule has 10 heteroatoms. The zero-order chi connectivity index (χ0) is 21.3. The Bertz CT molecular complexity index is 1100. The van der Waals surface area contributed by atoms with Crippen molar-refractivity contribution in [3.05, 3.63) is 56.4 Å². The van der Waals surface area contributed by atoms with Crippen LogP contribution in [-0.4, -0.2) is 53.2 Å². The van der Waals surface area contributed by atoms with Gasteiger partial charge in [-0.05, 0) is 24.3 Å². The van der Waals surface area contributed by atoms with Crippen LogP contribution >= 0.6 is 46.4 Å². The smallest absolute Gasteiger partial charge is 0.275 e. The summed E-state index contributed by atoms with van der Waals surface area (Å²) in [7, 11) is 0. The Morgan fingerprint density at radius 2 is 1.80 bits per heavy atom. The number of carbonyl (C=O) groups excluding carboxylic acids is 1. The number of aromatic nitrogens is 2. The summed E-state index contributed by atoms with van der Waals surface area (Å²) in [5, 5.41) is 3.68. The van der Waals surface area contributed by atoms with E-state index in [0.29, 0.717) is 5.69 Å². The molecule has 0 saturated carbocycles. The molecule has 0 atom stereocenters. The molecule has 0 radical (unpaired) electrons. The van der Waals surface area contributed by atoms with Gasteiger partial charge in [0.25, 0.3) is 5.91 Å². The summed E-state index contributed by atoms with van der Waals surface area (Å²) in [6.07, 6.45) is 2.05. The number of carbonyl (C=O) groups is 1. The standard InChI is InChI=1S/C20H18Cl4N4O2/c21-15-16(22)18(26-19(24)17(15)23)20(29)25-13-1-2-14-12(11-13)3-4-28(14)6-5-27-7-9-30-10-8-27/h1-4,11H,5-10H2,(H,25,29). The summed E-state index contributed by atoms with van der Waals surface area (Å²) >= 11 is 24.0. The highest BCUT2D eigenvalue weighted by Crippen LogP contribution is 2.36. The van der Waals surface area contributed by atoms with Crippen LogP contribution in [-0.2, 0) is 11.3 Å². The van der Waals surface area contributed by atoms with E-state index < -0.39 is 5.91 Å². The monoisotopic (exact) mass is 486 g/mol. The van der Waals surface area contributed by atoms with E-state index in [2.05, 4.69) is 19.8 Å². The van der Waals surface area contributed by atoms with Crippen LogP contribution in [0.15, 0.2) is 30.5 Å². The minimum atomic E-state index is -0.522. The molecule has 2 aromatic heterocycles. The van der Waals surface area contributed by atoms with Gasteiger partial charge in [-0.2, -0.15) is 0 Å². The summed E-state index contributed by atoms with van der Waals surface area (Å²) in [6.45, 7) is 5.36. The van der Waals surface area contributed by atoms with E-state index >= 15 is 0 Å². The van der Waals surface area contributed by atoms with Crippen molar-refractivity contribution in [1.29, 1.82) is 0 Å². The number of nitrogens with zero attached hydrogens (tertiary/aromatic N) is 3. The Labute approximate surface area is 193 Å². The number of pyridine rings is 1. The molecular formula is C20H18Cl4N4O2. The zero-order valence-electron chi connectivity index (χ0n) is 15.8. The Morgan fingerprint density at radius 3 is 2.57 bits per heavy atom. The average Bonchev–Trinajstić information content (AvgIpc) is 3.16. The van der Waals surface area contributed by atoms with Crippen LogP contribution in [0, 0.1) is 0 Å². The number of hydrogen-bond donors (Lipinski definition) is 1. The van der Waals surface area contributed by atoms with Gasteiger partial charge in [0, 0.05) is 49.0 Å². The lowest BCUT2D eigenvalue weighted by molar-refractivity contribution is 0.0365. The summed E-state index contributed by atoms with van der Waals surface area (Å²) in [5.74, 6) is -0.522. The Hall–Kier alpha value is -1.54. The molecule has 0 unspecified atom stereocenters. The predicted molar refractivity (Wildman–Crippen MR) is 121 cm³/mol. The zero-order valence-corrected chi connectivity index (χ0v) is 18.8. The van der Waals surface area contributed by atoms with Gasteiger partial charge in [-0.3, -0.25) is 9.69 Å². The second kappa shape index (κ2) is 9.30. The van der Waals surface area contributed by atoms with Gasteiger partial charge in [0.2, 0.25) is 0 Å². The summed E-state index contributed by atoms with van der Waals surface area (Å²) in [4.78, 5) is 19.0. The minimum Gasteiger partial charge on any atom is -0.379 e. The lowest BCUT2D eigenvalue weighted by Crippen LogP contribution is -2.38. The number of benzene rings is 1. The second-order valence-electron chi connectivity index (χ2n) is 6.88. The molecule has 1 aromatic carbocycles. The summed E-state index contributed by atoms with van der Waals surface area (Å²) in [5.41, 5.74) is 1.62. The first-order chi connectivity index (χ1) is 14.4. The van der Waals surface area contributed by atoms with E-state index in [9.17, 15) is 4.79 Å². The van der Waals surface area contributed by atoms with Crippen LogP contribution in [0.3, 0.4) is 0 Å². The fraction of sp³-hybridized carbons (Fsp3) is 0.300. The Balaban J connectivity index is 1.48. The van der Waals surface area contributed by atoms with Gasteiger partial charge in [0.15, 0.2) is 0 Å². The van der Waals surface area contributed by atoms with Crippen molar-refractivity contribution in [2.45, 2.75) is 6.54 Å². The first kappa shape index (κ1) is 21.7. The van der Waals surface area contributed by atoms with Crippen molar-refractivity contribution in [2.24, 2.45) is 0 Å². The lowest BCUT2D eigenvalue weighted by Gasteiger charge is -2.26. The molecule has 1 aliphatic heterocycles. The van der Waals surface area contributed by atoms with Crippen LogP contribution < -0.4 is 5.32 Å². The maximum Gasteiger partial charge on any atom is 0.275 e. The molecule has 1 aliphatic rings. The van der Waals surface area contributed by atoms with Crippen LogP contribution in [0.1, 0.15) is 10.5 Å². The molecule has 4 rings (SSSR count). The number of nitrogens with one attached hydrogen (secondary N) is 1. The van der Waals surface area contributed by atoms with Crippen molar-refractivity contribution < 1.29 is 9.53 Å². The summed E-state index contributed by atoms with van der Waals surface area (Å²) in [6, 6.07) is 7.72. The SMILES string of the molecule is O=C(Nc1ccc2c(ccn2CCN2CCOCC2)c1)c1nc(Cl)c(Cl)c(Cl)c1Cl. The molecule has 6 nitrogen and oxygen atoms in total. The normalized spacial score (nSPS) is 14.9. The van der Waals surface area contributed by atoms with Crippen molar-refractivity contribution in [1.82, 2.24) is 14.5 Å². The molecule has 30 heavy (non-hydrogen) atoms. The molecule has 0 bridgehead atoms. The van der Waals surface area contributed by atoms with Crippen LogP contribution in [0.25, 0.3) is 10.9 Å². The van der Waals surface area contributed by atoms with Gasteiger partial charge in [0.05, 0.1) is 28.3 Å². The van der Waals surface area contributed by atoms with Crippen LogP contribution in [0.4, 0.5) is 5.69 Å². The largest absolute Gasteiger partial charge is 0.379 e. The van der Waals surface area contributed by atoms with E-state index in [1.54, 1.807) is 0 Å². The molecule has 3 aromatic rings. The number of halogens is 4. The fourth-order valence-corrected chi connectivity index (χ4v) is 4.19. The fourth-order valence-electron chi connectivity index (χ4n) is 3.37. The van der Waals surface area contributed by atoms with Crippen LogP contribution in [0.2, 0.25) is 20.2 Å². The topological polar surface area (TPSA) is 59.4 Å². The minimum absolute atomic E-state index is 0.00344. The molecule has 1 amide bonds. The quantitative estimate of drug-likeness (QED) is 0.500. The van der Waals surface area contributed by atoms with E-state index in [1.165, 1.54) is 0 Å². The molecular weight excluding hydrogens is 470 g/mol. The highest BCUT2D eigenvalue weighted by molar-refractivity contribution is 6.52. The van der Waals surface area contributed by atoms with E-state index in [4.69, 9.17) is 51.1 Å². The first-order valence-corrected chi connectivity index (χ1v) is 10.9. The van der Waals surface area contributed by atoms with Crippen LogP contribution in [0.5, 0.6) is 0 Å². The average molecular weight is 488 g/mol. The highest BCUT2D eigenvalue weighted by atomic mass is 35.5. The third kappa shape index (κ3) is 4.54. The number of morpholine rings is 1. The molecule has 1 fully saturated rings. The molecule has 3 heterocycles. The maximum atomic E-state index is 12.6. The lowest BCUT2D eigenvalue weighted by atomic mass is 10.2. The maximum absolute atomic E-state index is 12.6. The Kier molecular flexibility index (Phi) is 6.72. The van der Waals surface area contributed by atoms with Gasteiger partial charge >= 0.3 is 0 Å². The van der Waals surface area contributed by atoms with E-state index in [1.807, 2.05) is 30.5 Å². The van der Waals surface area contributed by atoms with E-state index in [0.717, 1.165) is 50.3 Å². The third-order valence-electron chi connectivity index (χ3n) is 4.99. The van der Waals surface area contributed by atoms with Gasteiger partial charge in [0.1, 0.15) is 10.8 Å². The third-order valence-corrected chi connectivity index (χ3v) is 6.67. The van der Waals surface area contributed by atoms with Crippen molar-refractivity contribution in [3.63, 3.8) is 0 Å². The van der Waals surface area contributed by atoms with Crippen molar-refractivity contribution in [3.8, 4) is 0 Å². The van der Waals surface area contributed by atoms with Gasteiger partial charge in [-0.25, -0.2) is 4.98 Å². The van der Waals surface area contributed by atoms with Gasteiger partial charge in [-0.1, -0.05) is 46.4 Å². The number of anilines is 1. The number of hydrogen-bond acceptors (Lipinski definition) is 4. The molecule has 1 saturated heterocycles. The molecule has 0 spiro atoms.